The Kier molecular flexibility index (Phi) is 3.73. The topological polar surface area (TPSA) is 51.0 Å². The number of nitrogens with zero attached hydrogens (tertiary/aromatic N) is 4. The molecule has 0 saturated carbocycles. The fourth-order valence-corrected chi connectivity index (χ4v) is 2.71. The van der Waals surface area contributed by atoms with Gasteiger partial charge in [-0.15, -0.1) is 0 Å². The molecular weight excluding hydrogens is 264 g/mol. The first-order valence-corrected chi connectivity index (χ1v) is 7.43. The van der Waals surface area contributed by atoms with E-state index < -0.39 is 0 Å². The van der Waals surface area contributed by atoms with Gasteiger partial charge in [0.25, 0.3) is 5.91 Å². The van der Waals surface area contributed by atoms with Crippen molar-refractivity contribution in [1.29, 1.82) is 0 Å². The zero-order chi connectivity index (χ0) is 14.8. The van der Waals surface area contributed by atoms with Crippen LogP contribution in [0, 0.1) is 6.92 Å². The Bertz CT molecular complexity index is 629. The summed E-state index contributed by atoms with van der Waals surface area (Å²) in [6, 6.07) is 5.93. The molecule has 0 N–H and O–H groups in total. The normalized spacial score (nSPS) is 15.0. The van der Waals surface area contributed by atoms with Crippen LogP contribution in [-0.4, -0.2) is 38.7 Å². The minimum Gasteiger partial charge on any atom is -0.337 e. The third-order valence-electron chi connectivity index (χ3n) is 4.04. The van der Waals surface area contributed by atoms with E-state index in [1.807, 2.05) is 34.7 Å². The Labute approximate surface area is 124 Å². The molecule has 3 heterocycles. The van der Waals surface area contributed by atoms with E-state index in [9.17, 15) is 4.79 Å². The van der Waals surface area contributed by atoms with E-state index in [-0.39, 0.29) is 5.91 Å². The molecule has 1 aliphatic rings. The lowest BCUT2D eigenvalue weighted by molar-refractivity contribution is 0.0598. The summed E-state index contributed by atoms with van der Waals surface area (Å²) in [7, 11) is 0. The summed E-state index contributed by atoms with van der Waals surface area (Å²) < 4.78 is 1.91. The highest BCUT2D eigenvalue weighted by Gasteiger charge is 2.34. The van der Waals surface area contributed by atoms with Gasteiger partial charge in [-0.3, -0.25) is 14.5 Å². The van der Waals surface area contributed by atoms with E-state index in [1.165, 1.54) is 0 Å². The van der Waals surface area contributed by atoms with Crippen molar-refractivity contribution in [1.82, 2.24) is 19.7 Å². The molecule has 2 aromatic rings. The molecule has 21 heavy (non-hydrogen) atoms. The van der Waals surface area contributed by atoms with Gasteiger partial charge in [-0.2, -0.15) is 5.10 Å². The molecule has 0 spiro atoms. The van der Waals surface area contributed by atoms with E-state index in [0.717, 1.165) is 43.0 Å². The molecule has 0 atom stereocenters. The van der Waals surface area contributed by atoms with Crippen LogP contribution in [0.2, 0.25) is 0 Å². The Hall–Kier alpha value is -2.17. The number of amides is 1. The third-order valence-corrected chi connectivity index (χ3v) is 4.04. The van der Waals surface area contributed by atoms with Crippen LogP contribution in [0.25, 0.3) is 0 Å². The van der Waals surface area contributed by atoms with Gasteiger partial charge < -0.3 is 4.90 Å². The van der Waals surface area contributed by atoms with Gasteiger partial charge in [0.2, 0.25) is 0 Å². The van der Waals surface area contributed by atoms with Crippen molar-refractivity contribution in [3.8, 4) is 0 Å². The number of rotatable bonds is 4. The first-order valence-electron chi connectivity index (χ1n) is 7.43. The molecule has 2 aromatic heterocycles. The molecule has 1 saturated heterocycles. The van der Waals surface area contributed by atoms with Gasteiger partial charge in [0.05, 0.1) is 11.8 Å². The summed E-state index contributed by atoms with van der Waals surface area (Å²) in [5.41, 5.74) is 2.76. The molecule has 3 rings (SSSR count). The number of carbonyl (C=O) groups excluding carboxylic acids is 1. The Balaban J connectivity index is 1.66. The van der Waals surface area contributed by atoms with Crippen LogP contribution in [0.15, 0.2) is 30.6 Å². The summed E-state index contributed by atoms with van der Waals surface area (Å²) in [6.07, 6.45) is 4.52. The molecule has 0 aromatic carbocycles. The number of hydrogen-bond donors (Lipinski definition) is 0. The zero-order valence-corrected chi connectivity index (χ0v) is 12.5. The monoisotopic (exact) mass is 284 g/mol. The number of aryl methyl sites for hydroxylation is 1. The predicted octanol–water partition coefficient (Wildman–Crippen LogP) is 2.24. The maximum absolute atomic E-state index is 12.5. The van der Waals surface area contributed by atoms with Gasteiger partial charge >= 0.3 is 0 Å². The van der Waals surface area contributed by atoms with Crippen LogP contribution in [0.4, 0.5) is 0 Å². The fraction of sp³-hybridized carbons (Fsp3) is 0.438. The van der Waals surface area contributed by atoms with Crippen LogP contribution in [-0.2, 0) is 6.54 Å². The average molecular weight is 284 g/mol. The molecule has 1 aliphatic heterocycles. The molecule has 5 heteroatoms. The van der Waals surface area contributed by atoms with Crippen molar-refractivity contribution in [2.45, 2.75) is 32.7 Å². The number of likely N-dealkylation sites (tertiary alicyclic amines) is 1. The Morgan fingerprint density at radius 3 is 2.86 bits per heavy atom. The molecule has 110 valence electrons. The van der Waals surface area contributed by atoms with Crippen LogP contribution in [0.5, 0.6) is 0 Å². The molecular formula is C16H20N4O. The Morgan fingerprint density at radius 1 is 1.38 bits per heavy atom. The lowest BCUT2D eigenvalue weighted by atomic mass is 9.95. The lowest BCUT2D eigenvalue weighted by Crippen LogP contribution is -2.48. The number of hydrogen-bond acceptors (Lipinski definition) is 3. The van der Waals surface area contributed by atoms with Gasteiger partial charge in [0.1, 0.15) is 0 Å². The van der Waals surface area contributed by atoms with Gasteiger partial charge in [0.15, 0.2) is 0 Å². The molecule has 0 radical (unpaired) electrons. The molecule has 1 fully saturated rings. The first-order chi connectivity index (χ1) is 10.2. The summed E-state index contributed by atoms with van der Waals surface area (Å²) >= 11 is 0. The number of pyridine rings is 1. The van der Waals surface area contributed by atoms with Crippen molar-refractivity contribution < 1.29 is 4.79 Å². The van der Waals surface area contributed by atoms with E-state index in [1.54, 1.807) is 12.4 Å². The van der Waals surface area contributed by atoms with Crippen molar-refractivity contribution in [3.05, 3.63) is 47.5 Å². The molecule has 0 bridgehead atoms. The van der Waals surface area contributed by atoms with Gasteiger partial charge in [-0.1, -0.05) is 13.0 Å². The van der Waals surface area contributed by atoms with Gasteiger partial charge in [0, 0.05) is 43.1 Å². The lowest BCUT2D eigenvalue weighted by Gasteiger charge is -2.38. The van der Waals surface area contributed by atoms with E-state index in [4.69, 9.17) is 0 Å². The third kappa shape index (κ3) is 2.55. The van der Waals surface area contributed by atoms with E-state index >= 15 is 0 Å². The van der Waals surface area contributed by atoms with Gasteiger partial charge in [-0.25, -0.2) is 0 Å². The number of carbonyl (C=O) groups is 1. The highest BCUT2D eigenvalue weighted by molar-refractivity contribution is 5.95. The molecule has 5 nitrogen and oxygen atoms in total. The maximum atomic E-state index is 12.5. The van der Waals surface area contributed by atoms with Crippen molar-refractivity contribution in [2.75, 3.05) is 13.1 Å². The minimum atomic E-state index is 0.0852. The van der Waals surface area contributed by atoms with Crippen LogP contribution in [0.1, 0.15) is 41.0 Å². The number of aromatic nitrogens is 3. The highest BCUT2D eigenvalue weighted by atomic mass is 16.2. The second-order valence-corrected chi connectivity index (χ2v) is 5.53. The molecule has 0 unspecified atom stereocenters. The second kappa shape index (κ2) is 5.68. The summed E-state index contributed by atoms with van der Waals surface area (Å²) in [5.74, 6) is 0.447. The van der Waals surface area contributed by atoms with Crippen molar-refractivity contribution in [3.63, 3.8) is 0 Å². The SMILES string of the molecule is CCCn1ncc(C(=O)N2CC(c3ccccn3)C2)c1C. The first kappa shape index (κ1) is 13.8. The van der Waals surface area contributed by atoms with Crippen LogP contribution >= 0.6 is 0 Å². The quantitative estimate of drug-likeness (QED) is 0.865. The smallest absolute Gasteiger partial charge is 0.257 e. The largest absolute Gasteiger partial charge is 0.337 e. The minimum absolute atomic E-state index is 0.0852. The maximum Gasteiger partial charge on any atom is 0.257 e. The average Bonchev–Trinajstić information content (AvgIpc) is 2.80. The van der Waals surface area contributed by atoms with E-state index in [2.05, 4.69) is 17.0 Å². The summed E-state index contributed by atoms with van der Waals surface area (Å²) in [4.78, 5) is 18.7. The predicted molar refractivity (Wildman–Crippen MR) is 80.1 cm³/mol. The molecule has 1 amide bonds. The van der Waals surface area contributed by atoms with Gasteiger partial charge in [-0.05, 0) is 25.5 Å². The highest BCUT2D eigenvalue weighted by Crippen LogP contribution is 2.27. The van der Waals surface area contributed by atoms with Crippen molar-refractivity contribution >= 4 is 5.91 Å². The van der Waals surface area contributed by atoms with Crippen LogP contribution in [0.3, 0.4) is 0 Å². The standard InChI is InChI=1S/C16H20N4O/c1-3-8-20-12(2)14(9-18-20)16(21)19-10-13(11-19)15-6-4-5-7-17-15/h4-7,9,13H,3,8,10-11H2,1-2H3. The van der Waals surface area contributed by atoms with Crippen molar-refractivity contribution in [2.24, 2.45) is 0 Å². The zero-order valence-electron chi connectivity index (χ0n) is 12.5. The second-order valence-electron chi connectivity index (χ2n) is 5.53. The summed E-state index contributed by atoms with van der Waals surface area (Å²) in [6.45, 7) is 6.42. The fourth-order valence-electron chi connectivity index (χ4n) is 2.71. The molecule has 0 aliphatic carbocycles. The Morgan fingerprint density at radius 2 is 2.19 bits per heavy atom. The van der Waals surface area contributed by atoms with Crippen LogP contribution < -0.4 is 0 Å². The summed E-state index contributed by atoms with van der Waals surface area (Å²) in [5, 5.41) is 4.30. The van der Waals surface area contributed by atoms with E-state index in [0.29, 0.717) is 5.92 Å².